The predicted octanol–water partition coefficient (Wildman–Crippen LogP) is 4.47. The van der Waals surface area contributed by atoms with Crippen LogP contribution in [0.1, 0.15) is 59.4 Å². The Morgan fingerprint density at radius 1 is 1.21 bits per heavy atom. The Labute approximate surface area is 174 Å². The molecule has 1 saturated heterocycles. The molecule has 6 heteroatoms. The second kappa shape index (κ2) is 10.1. The molecule has 0 aliphatic carbocycles. The Hall–Kier alpha value is -2.08. The molecule has 0 bridgehead atoms. The van der Waals surface area contributed by atoms with E-state index >= 15 is 0 Å². The number of hydrogen-bond acceptors (Lipinski definition) is 5. The molecule has 1 aliphatic rings. The Kier molecular flexibility index (Phi) is 8.08. The Bertz CT molecular complexity index is 666. The summed E-state index contributed by atoms with van der Waals surface area (Å²) in [5.41, 5.74) is 0.425. The van der Waals surface area contributed by atoms with Crippen molar-refractivity contribution in [3.63, 3.8) is 0 Å². The van der Waals surface area contributed by atoms with Gasteiger partial charge in [-0.05, 0) is 51.0 Å². The van der Waals surface area contributed by atoms with E-state index in [4.69, 9.17) is 14.2 Å². The van der Waals surface area contributed by atoms with Crippen LogP contribution in [0.3, 0.4) is 0 Å². The van der Waals surface area contributed by atoms with Crippen molar-refractivity contribution in [2.45, 2.75) is 72.1 Å². The molecule has 0 radical (unpaired) electrons. The van der Waals surface area contributed by atoms with E-state index in [-0.39, 0.29) is 23.3 Å². The molecule has 1 amide bonds. The number of cyclic esters (lactones) is 1. The van der Waals surface area contributed by atoms with Crippen LogP contribution in [0, 0.1) is 11.3 Å². The minimum atomic E-state index is -0.592. The number of benzene rings is 1. The van der Waals surface area contributed by atoms with Crippen LogP contribution >= 0.6 is 0 Å². The van der Waals surface area contributed by atoms with Gasteiger partial charge in [0.1, 0.15) is 5.60 Å². The average molecular weight is 406 g/mol. The first-order valence-corrected chi connectivity index (χ1v) is 10.3. The normalized spacial score (nSPS) is 18.2. The van der Waals surface area contributed by atoms with Gasteiger partial charge in [-0.2, -0.15) is 0 Å². The van der Waals surface area contributed by atoms with E-state index < -0.39 is 11.7 Å². The smallest absolute Gasteiger partial charge is 0.407 e. The van der Waals surface area contributed by atoms with Crippen molar-refractivity contribution in [3.8, 4) is 0 Å². The van der Waals surface area contributed by atoms with Gasteiger partial charge in [-0.25, -0.2) is 4.79 Å². The van der Waals surface area contributed by atoms with Crippen LogP contribution in [-0.2, 0) is 25.6 Å². The van der Waals surface area contributed by atoms with Gasteiger partial charge < -0.3 is 19.5 Å². The second-order valence-corrected chi connectivity index (χ2v) is 9.47. The van der Waals surface area contributed by atoms with E-state index in [1.54, 1.807) is 0 Å². The highest BCUT2D eigenvalue weighted by atomic mass is 16.6. The summed E-state index contributed by atoms with van der Waals surface area (Å²) in [6.45, 7) is 11.3. The van der Waals surface area contributed by atoms with Gasteiger partial charge >= 0.3 is 12.1 Å². The summed E-state index contributed by atoms with van der Waals surface area (Å²) in [6, 6.07) is 9.73. The summed E-state index contributed by atoms with van der Waals surface area (Å²) >= 11 is 0. The van der Waals surface area contributed by atoms with Gasteiger partial charge in [0.2, 0.25) is 0 Å². The molecule has 0 aromatic heterocycles. The summed E-state index contributed by atoms with van der Waals surface area (Å²) in [6.07, 6.45) is 1.56. The van der Waals surface area contributed by atoms with Gasteiger partial charge in [-0.3, -0.25) is 4.79 Å². The zero-order chi connectivity index (χ0) is 21.5. The molecule has 1 heterocycles. The molecule has 2 rings (SSSR count). The summed E-state index contributed by atoms with van der Waals surface area (Å²) in [5.74, 6) is -0.589. The first-order chi connectivity index (χ1) is 13.6. The van der Waals surface area contributed by atoms with E-state index in [2.05, 4.69) is 19.2 Å². The van der Waals surface area contributed by atoms with E-state index in [0.29, 0.717) is 32.7 Å². The van der Waals surface area contributed by atoms with Crippen LogP contribution in [0.25, 0.3) is 0 Å². The Balaban J connectivity index is 1.91. The summed E-state index contributed by atoms with van der Waals surface area (Å²) in [5, 5.41) is 2.92. The zero-order valence-corrected chi connectivity index (χ0v) is 18.3. The molecule has 0 spiro atoms. The number of carbonyl (C=O) groups excluding carboxylic acids is 2. The van der Waals surface area contributed by atoms with Crippen molar-refractivity contribution in [2.75, 3.05) is 13.2 Å². The quantitative estimate of drug-likeness (QED) is 0.485. The lowest BCUT2D eigenvalue weighted by Gasteiger charge is -2.32. The number of esters is 1. The lowest BCUT2D eigenvalue weighted by atomic mass is 9.79. The first kappa shape index (κ1) is 23.2. The maximum Gasteiger partial charge on any atom is 0.407 e. The van der Waals surface area contributed by atoms with Crippen molar-refractivity contribution in [2.24, 2.45) is 11.3 Å². The fourth-order valence-corrected chi connectivity index (χ4v) is 3.44. The number of ether oxygens (including phenoxy) is 3. The van der Waals surface area contributed by atoms with Crippen molar-refractivity contribution in [1.82, 2.24) is 5.32 Å². The van der Waals surface area contributed by atoms with Gasteiger partial charge in [-0.15, -0.1) is 0 Å². The number of alkyl carbamates (subject to hydrolysis) is 1. The fraction of sp³-hybridized carbons (Fsp3) is 0.652. The molecule has 162 valence electrons. The maximum atomic E-state index is 12.3. The molecular weight excluding hydrogens is 370 g/mol. The molecule has 1 aliphatic heterocycles. The van der Waals surface area contributed by atoms with Crippen molar-refractivity contribution >= 4 is 12.1 Å². The summed E-state index contributed by atoms with van der Waals surface area (Å²) < 4.78 is 16.4. The largest absolute Gasteiger partial charge is 0.465 e. The molecule has 2 atom stereocenters. The SMILES string of the molecule is CC(C)(CCOCc1ccccc1)C[C@H](NC(=O)OC(C)(C)C)[C@@H]1CCOC1=O. The topological polar surface area (TPSA) is 73.9 Å². The third kappa shape index (κ3) is 8.44. The molecule has 1 fully saturated rings. The predicted molar refractivity (Wildman–Crippen MR) is 111 cm³/mol. The highest BCUT2D eigenvalue weighted by Gasteiger charge is 2.38. The fourth-order valence-electron chi connectivity index (χ4n) is 3.44. The number of nitrogens with one attached hydrogen (secondary N) is 1. The standard InChI is InChI=1S/C23H35NO5/c1-22(2,3)29-21(26)24-19(18-11-13-28-20(18)25)15-23(4,5)12-14-27-16-17-9-7-6-8-10-17/h6-10,18-19H,11-16H2,1-5H3,(H,24,26)/t18-,19-/m0/s1. The second-order valence-electron chi connectivity index (χ2n) is 9.47. The Morgan fingerprint density at radius 3 is 2.48 bits per heavy atom. The van der Waals surface area contributed by atoms with E-state index in [1.165, 1.54) is 0 Å². The van der Waals surface area contributed by atoms with Crippen LogP contribution in [0.15, 0.2) is 30.3 Å². The molecule has 29 heavy (non-hydrogen) atoms. The number of hydrogen-bond donors (Lipinski definition) is 1. The molecule has 0 saturated carbocycles. The van der Waals surface area contributed by atoms with Crippen LogP contribution in [-0.4, -0.2) is 36.9 Å². The van der Waals surface area contributed by atoms with E-state index in [0.717, 1.165) is 12.0 Å². The highest BCUT2D eigenvalue weighted by molar-refractivity contribution is 5.76. The van der Waals surface area contributed by atoms with Crippen molar-refractivity contribution in [3.05, 3.63) is 35.9 Å². The molecule has 6 nitrogen and oxygen atoms in total. The lowest BCUT2D eigenvalue weighted by molar-refractivity contribution is -0.142. The molecule has 1 N–H and O–H groups in total. The molecule has 0 unspecified atom stereocenters. The zero-order valence-electron chi connectivity index (χ0n) is 18.3. The third-order valence-electron chi connectivity index (χ3n) is 4.97. The average Bonchev–Trinajstić information content (AvgIpc) is 3.03. The van der Waals surface area contributed by atoms with Gasteiger partial charge in [0, 0.05) is 12.6 Å². The molecular formula is C23H35NO5. The van der Waals surface area contributed by atoms with E-state index in [1.807, 2.05) is 51.1 Å². The van der Waals surface area contributed by atoms with Gasteiger partial charge in [-0.1, -0.05) is 44.2 Å². The van der Waals surface area contributed by atoms with Crippen molar-refractivity contribution in [1.29, 1.82) is 0 Å². The van der Waals surface area contributed by atoms with Gasteiger partial charge in [0.05, 0.1) is 19.1 Å². The number of carbonyl (C=O) groups is 2. The van der Waals surface area contributed by atoms with Gasteiger partial charge in [0.15, 0.2) is 0 Å². The van der Waals surface area contributed by atoms with Crippen molar-refractivity contribution < 1.29 is 23.8 Å². The molecule has 1 aromatic rings. The van der Waals surface area contributed by atoms with Gasteiger partial charge in [0.25, 0.3) is 0 Å². The number of amides is 1. The Morgan fingerprint density at radius 2 is 1.90 bits per heavy atom. The minimum absolute atomic E-state index is 0.126. The van der Waals surface area contributed by atoms with Crippen LogP contribution in [0.4, 0.5) is 4.79 Å². The minimum Gasteiger partial charge on any atom is -0.465 e. The summed E-state index contributed by atoms with van der Waals surface area (Å²) in [4.78, 5) is 24.5. The van der Waals surface area contributed by atoms with Crippen LogP contribution < -0.4 is 5.32 Å². The maximum absolute atomic E-state index is 12.3. The molecule has 1 aromatic carbocycles. The first-order valence-electron chi connectivity index (χ1n) is 10.3. The van der Waals surface area contributed by atoms with E-state index in [9.17, 15) is 9.59 Å². The summed E-state index contributed by atoms with van der Waals surface area (Å²) in [7, 11) is 0. The monoisotopic (exact) mass is 405 g/mol. The lowest BCUT2D eigenvalue weighted by Crippen LogP contribution is -2.46. The highest BCUT2D eigenvalue weighted by Crippen LogP contribution is 2.32. The van der Waals surface area contributed by atoms with Crippen LogP contribution in [0.5, 0.6) is 0 Å². The number of rotatable bonds is 9. The van der Waals surface area contributed by atoms with Crippen LogP contribution in [0.2, 0.25) is 0 Å². The third-order valence-corrected chi connectivity index (χ3v) is 4.97.